The first-order chi connectivity index (χ1) is 14.6. The molecular formula is C17H12BrF6N5O2S. The summed E-state index contributed by atoms with van der Waals surface area (Å²) < 4.78 is 78.7. The molecule has 3 rings (SSSR count). The van der Waals surface area contributed by atoms with Gasteiger partial charge in [-0.05, 0) is 41.4 Å². The molecule has 0 radical (unpaired) electrons. The number of carbonyl (C=O) groups is 2. The molecule has 0 fully saturated rings. The number of aromatic nitrogens is 3. The van der Waals surface area contributed by atoms with Gasteiger partial charge in [-0.3, -0.25) is 14.3 Å². The van der Waals surface area contributed by atoms with Gasteiger partial charge in [-0.2, -0.15) is 31.4 Å². The van der Waals surface area contributed by atoms with Gasteiger partial charge in [0.1, 0.15) is 21.9 Å². The monoisotopic (exact) mass is 543 g/mol. The van der Waals surface area contributed by atoms with Crippen molar-refractivity contribution in [3.05, 3.63) is 38.1 Å². The highest BCUT2D eigenvalue weighted by atomic mass is 79.9. The summed E-state index contributed by atoms with van der Waals surface area (Å²) in [7, 11) is 0. The van der Waals surface area contributed by atoms with Crippen LogP contribution in [-0.4, -0.2) is 26.6 Å². The molecule has 3 N–H and O–H groups in total. The fourth-order valence-corrected chi connectivity index (χ4v) is 4.46. The predicted molar refractivity (Wildman–Crippen MR) is 106 cm³/mol. The highest BCUT2D eigenvalue weighted by Gasteiger charge is 2.38. The predicted octanol–water partition coefficient (Wildman–Crippen LogP) is 4.65. The molecule has 3 heterocycles. The summed E-state index contributed by atoms with van der Waals surface area (Å²) in [4.78, 5) is 27.4. The number of alkyl halides is 6. The number of primary amides is 1. The zero-order valence-electron chi connectivity index (χ0n) is 16.1. The number of anilines is 1. The third-order valence-corrected chi connectivity index (χ3v) is 6.38. The van der Waals surface area contributed by atoms with Crippen LogP contribution < -0.4 is 11.1 Å². The molecule has 0 unspecified atom stereocenters. The lowest BCUT2D eigenvalue weighted by Gasteiger charge is -2.10. The fraction of sp³-hybridized carbons (Fsp3) is 0.294. The number of nitrogens with zero attached hydrogens (tertiary/aromatic N) is 3. The highest BCUT2D eigenvalue weighted by Crippen LogP contribution is 2.40. The van der Waals surface area contributed by atoms with E-state index in [2.05, 4.69) is 31.3 Å². The lowest BCUT2D eigenvalue weighted by atomic mass is 10.1. The summed E-state index contributed by atoms with van der Waals surface area (Å²) in [6.45, 7) is 1.97. The Balaban J connectivity index is 2.01. The Morgan fingerprint density at radius 2 is 1.81 bits per heavy atom. The Kier molecular flexibility index (Phi) is 6.01. The first-order valence-electron chi connectivity index (χ1n) is 8.52. The van der Waals surface area contributed by atoms with Gasteiger partial charge in [0.25, 0.3) is 5.91 Å². The van der Waals surface area contributed by atoms with Crippen molar-refractivity contribution < 1.29 is 35.9 Å². The number of amides is 2. The van der Waals surface area contributed by atoms with Gasteiger partial charge in [0, 0.05) is 5.39 Å². The van der Waals surface area contributed by atoms with E-state index in [4.69, 9.17) is 5.73 Å². The van der Waals surface area contributed by atoms with Gasteiger partial charge >= 0.3 is 12.4 Å². The summed E-state index contributed by atoms with van der Waals surface area (Å²) in [6.07, 6.45) is -9.49. The lowest BCUT2D eigenvalue weighted by Crippen LogP contribution is -2.22. The molecule has 3 aromatic heterocycles. The van der Waals surface area contributed by atoms with E-state index in [1.165, 1.54) is 13.8 Å². The van der Waals surface area contributed by atoms with Crippen molar-refractivity contribution in [1.29, 1.82) is 0 Å². The molecule has 32 heavy (non-hydrogen) atoms. The van der Waals surface area contributed by atoms with E-state index < -0.39 is 42.1 Å². The first kappa shape index (κ1) is 24.0. The van der Waals surface area contributed by atoms with Crippen LogP contribution in [0.15, 0.2) is 10.5 Å². The third kappa shape index (κ3) is 4.44. The largest absolute Gasteiger partial charge is 0.436 e. The van der Waals surface area contributed by atoms with Crippen molar-refractivity contribution in [3.63, 3.8) is 0 Å². The van der Waals surface area contributed by atoms with Gasteiger partial charge in [-0.25, -0.2) is 4.98 Å². The maximum atomic E-state index is 13.1. The molecule has 0 bridgehead atoms. The number of pyridine rings is 1. The molecular weight excluding hydrogens is 532 g/mol. The second-order valence-electron chi connectivity index (χ2n) is 6.62. The van der Waals surface area contributed by atoms with Crippen LogP contribution >= 0.6 is 27.3 Å². The minimum absolute atomic E-state index is 0.0189. The minimum Gasteiger partial charge on any atom is -0.365 e. The van der Waals surface area contributed by atoms with E-state index in [1.807, 2.05) is 0 Å². The Bertz CT molecular complexity index is 1250. The average molecular weight is 544 g/mol. The summed E-state index contributed by atoms with van der Waals surface area (Å²) in [5.74, 6) is -1.90. The van der Waals surface area contributed by atoms with Gasteiger partial charge < -0.3 is 11.1 Å². The van der Waals surface area contributed by atoms with E-state index in [0.717, 1.165) is 10.7 Å². The molecule has 2 amide bonds. The van der Waals surface area contributed by atoms with Crippen LogP contribution in [0, 0.1) is 13.8 Å². The number of rotatable bonds is 4. The van der Waals surface area contributed by atoms with Crippen molar-refractivity contribution in [3.8, 4) is 0 Å². The summed E-state index contributed by atoms with van der Waals surface area (Å²) >= 11 is 3.35. The molecule has 0 aliphatic rings. The van der Waals surface area contributed by atoms with Crippen LogP contribution in [0.4, 0.5) is 32.0 Å². The van der Waals surface area contributed by atoms with Gasteiger partial charge in [-0.1, -0.05) is 0 Å². The van der Waals surface area contributed by atoms with E-state index >= 15 is 0 Å². The van der Waals surface area contributed by atoms with Crippen LogP contribution in [0.25, 0.3) is 10.2 Å². The van der Waals surface area contributed by atoms with Crippen LogP contribution in [0.5, 0.6) is 0 Å². The minimum atomic E-state index is -4.76. The molecule has 0 aliphatic heterocycles. The number of nitrogens with one attached hydrogen (secondary N) is 1. The second-order valence-corrected chi connectivity index (χ2v) is 8.42. The van der Waals surface area contributed by atoms with Gasteiger partial charge in [0.05, 0.1) is 15.9 Å². The Hall–Kier alpha value is -2.68. The van der Waals surface area contributed by atoms with Crippen molar-refractivity contribution >= 4 is 55.0 Å². The molecule has 0 atom stereocenters. The Morgan fingerprint density at radius 1 is 1.19 bits per heavy atom. The van der Waals surface area contributed by atoms with Gasteiger partial charge in [0.15, 0.2) is 5.69 Å². The van der Waals surface area contributed by atoms with E-state index in [-0.39, 0.29) is 36.5 Å². The summed E-state index contributed by atoms with van der Waals surface area (Å²) in [5.41, 5.74) is 2.81. The molecule has 3 aromatic rings. The molecule has 172 valence electrons. The normalized spacial score (nSPS) is 12.4. The average Bonchev–Trinajstić information content (AvgIpc) is 3.14. The van der Waals surface area contributed by atoms with E-state index in [0.29, 0.717) is 11.3 Å². The second kappa shape index (κ2) is 8.03. The topological polar surface area (TPSA) is 103 Å². The summed E-state index contributed by atoms with van der Waals surface area (Å²) in [6, 6.07) is 0.750. The van der Waals surface area contributed by atoms with Crippen molar-refractivity contribution in [1.82, 2.24) is 14.8 Å². The molecule has 0 spiro atoms. The van der Waals surface area contributed by atoms with Gasteiger partial charge in [0.2, 0.25) is 5.91 Å². The molecule has 0 saturated carbocycles. The number of nitrogens with two attached hydrogens (primary N) is 1. The van der Waals surface area contributed by atoms with E-state index in [9.17, 15) is 35.9 Å². The van der Waals surface area contributed by atoms with Gasteiger partial charge in [-0.15, -0.1) is 11.3 Å². The number of halogens is 7. The fourth-order valence-electron chi connectivity index (χ4n) is 2.89. The zero-order chi connectivity index (χ0) is 24.2. The number of aryl methyl sites for hydroxylation is 1. The van der Waals surface area contributed by atoms with Crippen molar-refractivity contribution in [2.75, 3.05) is 5.32 Å². The molecule has 0 aromatic carbocycles. The molecule has 0 saturated heterocycles. The van der Waals surface area contributed by atoms with Crippen molar-refractivity contribution in [2.24, 2.45) is 5.73 Å². The third-order valence-electron chi connectivity index (χ3n) is 4.33. The number of carbonyl (C=O) groups excluding carboxylic acids is 2. The maximum absolute atomic E-state index is 13.1. The smallest absolute Gasteiger partial charge is 0.365 e. The maximum Gasteiger partial charge on any atom is 0.436 e. The molecule has 0 aliphatic carbocycles. The number of fused-ring (bicyclic) bond motifs is 1. The number of hydrogen-bond donors (Lipinski definition) is 2. The Labute approximate surface area is 187 Å². The number of thiophene rings is 1. The summed E-state index contributed by atoms with van der Waals surface area (Å²) in [5, 5.41) is 5.80. The lowest BCUT2D eigenvalue weighted by molar-refractivity contribution is -0.142. The zero-order valence-corrected chi connectivity index (χ0v) is 18.5. The number of hydrogen-bond acceptors (Lipinski definition) is 5. The van der Waals surface area contributed by atoms with Crippen LogP contribution in [0.2, 0.25) is 0 Å². The van der Waals surface area contributed by atoms with Crippen LogP contribution in [0.1, 0.15) is 32.3 Å². The SMILES string of the molecule is Cc1cc(C(F)(F)F)nc2sc(C(N)=O)c(NC(=O)Cn3nc(C(F)(F)F)c(Br)c3C)c12. The Morgan fingerprint density at radius 3 is 2.31 bits per heavy atom. The first-order valence-corrected chi connectivity index (χ1v) is 10.1. The van der Waals surface area contributed by atoms with Crippen molar-refractivity contribution in [2.45, 2.75) is 32.7 Å². The highest BCUT2D eigenvalue weighted by molar-refractivity contribution is 9.10. The van der Waals surface area contributed by atoms with Crippen LogP contribution in [-0.2, 0) is 23.7 Å². The van der Waals surface area contributed by atoms with E-state index in [1.54, 1.807) is 0 Å². The quantitative estimate of drug-likeness (QED) is 0.467. The molecule has 15 heteroatoms. The molecule has 7 nitrogen and oxygen atoms in total. The standard InChI is InChI=1S/C17H12BrF6N5O2S/c1-5-3-7(16(19,20)21)26-15-9(5)11(12(32-15)14(25)31)27-8(30)4-29-6(2)10(18)13(28-29)17(22,23)24/h3H,4H2,1-2H3,(H2,25,31)(H,27,30). The van der Waals surface area contributed by atoms with Crippen LogP contribution in [0.3, 0.4) is 0 Å².